The highest BCUT2D eigenvalue weighted by molar-refractivity contribution is 5.47. The second kappa shape index (κ2) is 6.66. The van der Waals surface area contributed by atoms with E-state index in [1.807, 2.05) is 24.5 Å². The molecule has 1 N–H and O–H groups in total. The third-order valence-electron chi connectivity index (χ3n) is 3.94. The highest BCUT2D eigenvalue weighted by atomic mass is 15.0. The van der Waals surface area contributed by atoms with Crippen molar-refractivity contribution in [3.63, 3.8) is 0 Å². The molecule has 0 saturated carbocycles. The summed E-state index contributed by atoms with van der Waals surface area (Å²) in [6.07, 6.45) is 10.4. The molecule has 2 heterocycles. The smallest absolute Gasteiger partial charge is 0.135 e. The van der Waals surface area contributed by atoms with Gasteiger partial charge in [-0.3, -0.25) is 4.98 Å². The molecule has 0 amide bonds. The van der Waals surface area contributed by atoms with Crippen molar-refractivity contribution in [2.24, 2.45) is 0 Å². The van der Waals surface area contributed by atoms with Gasteiger partial charge in [-0.25, -0.2) is 9.97 Å². The molecular weight excluding hydrogens is 260 g/mol. The second-order valence-electron chi connectivity index (χ2n) is 5.54. The van der Waals surface area contributed by atoms with Crippen molar-refractivity contribution in [2.45, 2.75) is 45.4 Å². The average molecular weight is 282 g/mol. The first-order valence-corrected chi connectivity index (χ1v) is 7.88. The van der Waals surface area contributed by atoms with Gasteiger partial charge in [-0.15, -0.1) is 0 Å². The van der Waals surface area contributed by atoms with Gasteiger partial charge in [0.25, 0.3) is 0 Å². The van der Waals surface area contributed by atoms with Crippen molar-refractivity contribution >= 4 is 5.82 Å². The van der Waals surface area contributed by atoms with Gasteiger partial charge in [0.1, 0.15) is 11.6 Å². The first-order chi connectivity index (χ1) is 10.4. The Morgan fingerprint density at radius 1 is 1.05 bits per heavy atom. The maximum Gasteiger partial charge on any atom is 0.135 e. The fraction of sp³-hybridized carbons (Fsp3) is 0.471. The number of nitrogens with zero attached hydrogens (tertiary/aromatic N) is 3. The summed E-state index contributed by atoms with van der Waals surface area (Å²) >= 11 is 0. The number of anilines is 1. The molecule has 0 radical (unpaired) electrons. The molecule has 2 aromatic rings. The van der Waals surface area contributed by atoms with E-state index in [9.17, 15) is 0 Å². The van der Waals surface area contributed by atoms with Crippen LogP contribution in [0.3, 0.4) is 0 Å². The molecule has 0 bridgehead atoms. The van der Waals surface area contributed by atoms with Crippen molar-refractivity contribution in [1.82, 2.24) is 15.0 Å². The van der Waals surface area contributed by atoms with Gasteiger partial charge in [0.2, 0.25) is 0 Å². The number of hydrogen-bond donors (Lipinski definition) is 1. The summed E-state index contributed by atoms with van der Waals surface area (Å²) in [5.41, 5.74) is 3.80. The molecule has 1 aliphatic carbocycles. The largest absolute Gasteiger partial charge is 0.370 e. The van der Waals surface area contributed by atoms with Crippen LogP contribution in [0.1, 0.15) is 48.8 Å². The molecule has 0 aliphatic heterocycles. The number of pyridine rings is 1. The van der Waals surface area contributed by atoms with E-state index in [4.69, 9.17) is 9.97 Å². The van der Waals surface area contributed by atoms with Crippen LogP contribution in [-0.4, -0.2) is 21.5 Å². The van der Waals surface area contributed by atoms with Crippen LogP contribution >= 0.6 is 0 Å². The molecule has 0 atom stereocenters. The summed E-state index contributed by atoms with van der Waals surface area (Å²) < 4.78 is 0. The summed E-state index contributed by atoms with van der Waals surface area (Å²) in [6.45, 7) is 3.02. The van der Waals surface area contributed by atoms with E-state index in [1.165, 1.54) is 36.1 Å². The van der Waals surface area contributed by atoms with Crippen LogP contribution in [0, 0.1) is 0 Å². The maximum absolute atomic E-state index is 4.84. The Kier molecular flexibility index (Phi) is 4.43. The number of aromatic nitrogens is 3. The minimum Gasteiger partial charge on any atom is -0.370 e. The molecule has 21 heavy (non-hydrogen) atoms. The summed E-state index contributed by atoms with van der Waals surface area (Å²) in [7, 11) is 0. The average Bonchev–Trinajstić information content (AvgIpc) is 2.74. The molecule has 0 saturated heterocycles. The summed E-state index contributed by atoms with van der Waals surface area (Å²) in [4.78, 5) is 13.7. The van der Waals surface area contributed by atoms with Crippen molar-refractivity contribution < 1.29 is 0 Å². The Morgan fingerprint density at radius 2 is 1.86 bits per heavy atom. The maximum atomic E-state index is 4.84. The molecule has 0 aromatic carbocycles. The molecule has 0 unspecified atom stereocenters. The van der Waals surface area contributed by atoms with Crippen molar-refractivity contribution in [2.75, 3.05) is 11.9 Å². The molecule has 4 heteroatoms. The van der Waals surface area contributed by atoms with E-state index in [-0.39, 0.29) is 0 Å². The Bertz CT molecular complexity index is 595. The zero-order chi connectivity index (χ0) is 14.5. The van der Waals surface area contributed by atoms with Gasteiger partial charge < -0.3 is 5.32 Å². The zero-order valence-electron chi connectivity index (χ0n) is 12.6. The topological polar surface area (TPSA) is 50.7 Å². The first-order valence-electron chi connectivity index (χ1n) is 7.88. The third-order valence-corrected chi connectivity index (χ3v) is 3.94. The highest BCUT2D eigenvalue weighted by Gasteiger charge is 2.16. The quantitative estimate of drug-likeness (QED) is 0.875. The SMILES string of the molecule is CCNc1nc(Cc2ccncc2)nc2c1CCCCC2. The van der Waals surface area contributed by atoms with E-state index in [0.717, 1.165) is 37.4 Å². The molecule has 2 aromatic heterocycles. The van der Waals surface area contributed by atoms with Gasteiger partial charge >= 0.3 is 0 Å². The van der Waals surface area contributed by atoms with Crippen LogP contribution < -0.4 is 5.32 Å². The standard InChI is InChI=1S/C17H22N4/c1-2-19-17-14-6-4-3-5-7-15(14)20-16(21-17)12-13-8-10-18-11-9-13/h8-11H,2-7,12H2,1H3,(H,19,20,21). The Hall–Kier alpha value is -1.97. The monoisotopic (exact) mass is 282 g/mol. The lowest BCUT2D eigenvalue weighted by molar-refractivity contribution is 0.708. The van der Waals surface area contributed by atoms with E-state index in [2.05, 4.69) is 17.2 Å². The van der Waals surface area contributed by atoms with Crippen molar-refractivity contribution in [3.05, 3.63) is 47.2 Å². The molecular formula is C17H22N4. The second-order valence-corrected chi connectivity index (χ2v) is 5.54. The minimum atomic E-state index is 0.772. The summed E-state index contributed by atoms with van der Waals surface area (Å²) in [5.74, 6) is 1.96. The van der Waals surface area contributed by atoms with E-state index < -0.39 is 0 Å². The number of hydrogen-bond acceptors (Lipinski definition) is 4. The van der Waals surface area contributed by atoms with Crippen LogP contribution in [0.2, 0.25) is 0 Å². The lowest BCUT2D eigenvalue weighted by atomic mass is 10.1. The molecule has 4 nitrogen and oxygen atoms in total. The fourth-order valence-corrected chi connectivity index (χ4v) is 2.90. The van der Waals surface area contributed by atoms with Gasteiger partial charge in [-0.05, 0) is 50.3 Å². The lowest BCUT2D eigenvalue weighted by Crippen LogP contribution is -2.11. The molecule has 0 spiro atoms. The van der Waals surface area contributed by atoms with Gasteiger partial charge in [0.15, 0.2) is 0 Å². The predicted octanol–water partition coefficient (Wildman–Crippen LogP) is 3.16. The van der Waals surface area contributed by atoms with Crippen LogP contribution in [0.25, 0.3) is 0 Å². The van der Waals surface area contributed by atoms with Crippen LogP contribution in [0.5, 0.6) is 0 Å². The minimum absolute atomic E-state index is 0.772. The van der Waals surface area contributed by atoms with Gasteiger partial charge in [0.05, 0.1) is 0 Å². The van der Waals surface area contributed by atoms with Gasteiger partial charge in [0, 0.05) is 36.6 Å². The Labute approximate surface area is 126 Å². The Morgan fingerprint density at radius 3 is 2.67 bits per heavy atom. The highest BCUT2D eigenvalue weighted by Crippen LogP contribution is 2.25. The van der Waals surface area contributed by atoms with Crippen LogP contribution in [-0.2, 0) is 19.3 Å². The Balaban J connectivity index is 1.94. The fourth-order valence-electron chi connectivity index (χ4n) is 2.90. The normalized spacial score (nSPS) is 14.3. The van der Waals surface area contributed by atoms with Crippen molar-refractivity contribution in [1.29, 1.82) is 0 Å². The van der Waals surface area contributed by atoms with Crippen LogP contribution in [0.4, 0.5) is 5.82 Å². The first kappa shape index (κ1) is 14.0. The van der Waals surface area contributed by atoms with Gasteiger partial charge in [-0.2, -0.15) is 0 Å². The van der Waals surface area contributed by atoms with Gasteiger partial charge in [-0.1, -0.05) is 6.42 Å². The zero-order valence-corrected chi connectivity index (χ0v) is 12.6. The molecule has 110 valence electrons. The lowest BCUT2D eigenvalue weighted by Gasteiger charge is -2.14. The summed E-state index contributed by atoms with van der Waals surface area (Å²) in [5, 5.41) is 3.43. The molecule has 0 fully saturated rings. The van der Waals surface area contributed by atoms with Crippen molar-refractivity contribution in [3.8, 4) is 0 Å². The van der Waals surface area contributed by atoms with E-state index in [1.54, 1.807) is 0 Å². The number of aryl methyl sites for hydroxylation is 1. The number of rotatable bonds is 4. The number of fused-ring (bicyclic) bond motifs is 1. The summed E-state index contributed by atoms with van der Waals surface area (Å²) in [6, 6.07) is 4.06. The predicted molar refractivity (Wildman–Crippen MR) is 84.5 cm³/mol. The molecule has 1 aliphatic rings. The van der Waals surface area contributed by atoms with E-state index >= 15 is 0 Å². The molecule has 3 rings (SSSR count). The number of nitrogens with one attached hydrogen (secondary N) is 1. The van der Waals surface area contributed by atoms with Crippen LogP contribution in [0.15, 0.2) is 24.5 Å². The third kappa shape index (κ3) is 3.38. The van der Waals surface area contributed by atoms with E-state index in [0.29, 0.717) is 0 Å².